The molecule has 1 fully saturated rings. The summed E-state index contributed by atoms with van der Waals surface area (Å²) < 4.78 is 5.09. The van der Waals surface area contributed by atoms with Gasteiger partial charge in [0.05, 0.1) is 23.6 Å². The number of fused-ring (bicyclic) bond motifs is 1. The van der Waals surface area contributed by atoms with E-state index in [1.54, 1.807) is 11.8 Å². The van der Waals surface area contributed by atoms with E-state index in [-0.39, 0.29) is 17.8 Å². The van der Waals surface area contributed by atoms with E-state index in [1.807, 2.05) is 30.5 Å². The number of carbonyl (C=O) groups is 2. The number of hydrogen-bond acceptors (Lipinski definition) is 3. The first-order valence-electron chi connectivity index (χ1n) is 7.72. The normalized spacial score (nSPS) is 18.4. The average Bonchev–Trinajstić information content (AvgIpc) is 3.03. The Balaban J connectivity index is 1.80. The molecule has 1 aliphatic heterocycles. The van der Waals surface area contributed by atoms with E-state index < -0.39 is 0 Å². The van der Waals surface area contributed by atoms with Crippen LogP contribution in [0, 0.1) is 5.92 Å². The summed E-state index contributed by atoms with van der Waals surface area (Å²) in [6.45, 7) is 3.31. The minimum atomic E-state index is -0.208. The summed E-state index contributed by atoms with van der Waals surface area (Å²) in [5.41, 5.74) is 1.51. The third-order valence-corrected chi connectivity index (χ3v) is 4.15. The van der Waals surface area contributed by atoms with E-state index in [1.165, 1.54) is 0 Å². The molecule has 1 atom stereocenters. The fourth-order valence-electron chi connectivity index (χ4n) is 3.05. The molecule has 1 aromatic carbocycles. The third kappa shape index (κ3) is 2.71. The van der Waals surface area contributed by atoms with Gasteiger partial charge in [-0.1, -0.05) is 12.1 Å². The lowest BCUT2D eigenvalue weighted by Gasteiger charge is -2.31. The predicted molar refractivity (Wildman–Crippen MR) is 83.6 cm³/mol. The van der Waals surface area contributed by atoms with Crippen LogP contribution in [0.25, 0.3) is 10.9 Å². The van der Waals surface area contributed by atoms with Crippen LogP contribution < -0.4 is 0 Å². The maximum atomic E-state index is 12.8. The second-order valence-corrected chi connectivity index (χ2v) is 5.59. The van der Waals surface area contributed by atoms with E-state index >= 15 is 0 Å². The van der Waals surface area contributed by atoms with Gasteiger partial charge in [-0.15, -0.1) is 0 Å². The fraction of sp³-hybridized carbons (Fsp3) is 0.412. The molecule has 0 saturated carbocycles. The Hall–Kier alpha value is -2.30. The molecular weight excluding hydrogens is 280 g/mol. The summed E-state index contributed by atoms with van der Waals surface area (Å²) in [6.07, 6.45) is 3.45. The Morgan fingerprint density at radius 1 is 1.36 bits per heavy atom. The second kappa shape index (κ2) is 6.22. The molecule has 116 valence electrons. The molecule has 1 aliphatic rings. The molecular formula is C17H20N2O3. The Morgan fingerprint density at radius 3 is 3.05 bits per heavy atom. The van der Waals surface area contributed by atoms with Crippen molar-refractivity contribution in [2.24, 2.45) is 5.92 Å². The monoisotopic (exact) mass is 300 g/mol. The number of ether oxygens (including phenoxy) is 1. The molecule has 0 bridgehead atoms. The van der Waals surface area contributed by atoms with Gasteiger partial charge in [-0.2, -0.15) is 0 Å². The minimum absolute atomic E-state index is 0.0259. The lowest BCUT2D eigenvalue weighted by atomic mass is 9.97. The Kier molecular flexibility index (Phi) is 4.13. The highest BCUT2D eigenvalue weighted by atomic mass is 16.5. The number of hydrogen-bond donors (Lipinski definition) is 1. The van der Waals surface area contributed by atoms with E-state index in [2.05, 4.69) is 4.98 Å². The number of aromatic nitrogens is 1. The quantitative estimate of drug-likeness (QED) is 0.886. The molecule has 1 saturated heterocycles. The van der Waals surface area contributed by atoms with Crippen molar-refractivity contribution in [1.29, 1.82) is 0 Å². The number of nitrogens with one attached hydrogen (secondary N) is 1. The predicted octanol–water partition coefficient (Wildman–Crippen LogP) is 2.58. The van der Waals surface area contributed by atoms with Crippen LogP contribution in [0.1, 0.15) is 30.1 Å². The van der Waals surface area contributed by atoms with Gasteiger partial charge < -0.3 is 14.6 Å². The van der Waals surface area contributed by atoms with E-state index in [4.69, 9.17) is 4.74 Å². The summed E-state index contributed by atoms with van der Waals surface area (Å²) in [6, 6.07) is 7.63. The van der Waals surface area contributed by atoms with Gasteiger partial charge in [0, 0.05) is 24.7 Å². The minimum Gasteiger partial charge on any atom is -0.466 e. The summed E-state index contributed by atoms with van der Waals surface area (Å²) in [5, 5.41) is 1.02. The number of likely N-dealkylation sites (tertiary alicyclic amines) is 1. The van der Waals surface area contributed by atoms with Crippen LogP contribution in [0.15, 0.2) is 30.5 Å². The van der Waals surface area contributed by atoms with Gasteiger partial charge in [0.15, 0.2) is 0 Å². The van der Waals surface area contributed by atoms with E-state index in [0.717, 1.165) is 23.7 Å². The van der Waals surface area contributed by atoms with Crippen molar-refractivity contribution in [3.05, 3.63) is 36.0 Å². The van der Waals surface area contributed by atoms with Gasteiger partial charge in [0.2, 0.25) is 0 Å². The molecule has 0 radical (unpaired) electrons. The number of nitrogens with zero attached hydrogens (tertiary/aromatic N) is 1. The number of para-hydroxylation sites is 1. The SMILES string of the molecule is CCOC(=O)[C@H]1CCCN(C(=O)c2cccc3cc[nH]c23)C1. The standard InChI is InChI=1S/C17H20N2O3/c1-2-22-17(21)13-6-4-10-19(11-13)16(20)14-7-3-5-12-8-9-18-15(12)14/h3,5,7-9,13,18H,2,4,6,10-11H2,1H3/t13-/m0/s1. The molecule has 2 aromatic rings. The van der Waals surface area contributed by atoms with Gasteiger partial charge >= 0.3 is 5.97 Å². The molecule has 1 amide bonds. The zero-order valence-electron chi connectivity index (χ0n) is 12.7. The second-order valence-electron chi connectivity index (χ2n) is 5.59. The first-order chi connectivity index (χ1) is 10.7. The lowest BCUT2D eigenvalue weighted by Crippen LogP contribution is -2.42. The molecule has 22 heavy (non-hydrogen) atoms. The van der Waals surface area contributed by atoms with Gasteiger partial charge in [-0.05, 0) is 31.9 Å². The third-order valence-electron chi connectivity index (χ3n) is 4.15. The van der Waals surface area contributed by atoms with Crippen LogP contribution in [0.4, 0.5) is 0 Å². The lowest BCUT2D eigenvalue weighted by molar-refractivity contribution is -0.149. The van der Waals surface area contributed by atoms with Crippen molar-refractivity contribution in [2.75, 3.05) is 19.7 Å². The number of H-pyrrole nitrogens is 1. The number of piperidine rings is 1. The van der Waals surface area contributed by atoms with E-state index in [0.29, 0.717) is 25.3 Å². The number of amides is 1. The van der Waals surface area contributed by atoms with Crippen LogP contribution in [-0.2, 0) is 9.53 Å². The smallest absolute Gasteiger partial charge is 0.310 e. The molecule has 1 aromatic heterocycles. The fourth-order valence-corrected chi connectivity index (χ4v) is 3.05. The molecule has 0 spiro atoms. The van der Waals surface area contributed by atoms with Crippen molar-refractivity contribution in [3.8, 4) is 0 Å². The van der Waals surface area contributed by atoms with Gasteiger partial charge in [0.1, 0.15) is 0 Å². The summed E-state index contributed by atoms with van der Waals surface area (Å²) >= 11 is 0. The number of benzene rings is 1. The highest BCUT2D eigenvalue weighted by Gasteiger charge is 2.30. The Morgan fingerprint density at radius 2 is 2.23 bits per heavy atom. The van der Waals surface area contributed by atoms with Crippen molar-refractivity contribution in [3.63, 3.8) is 0 Å². The molecule has 0 aliphatic carbocycles. The average molecular weight is 300 g/mol. The van der Waals surface area contributed by atoms with Crippen molar-refractivity contribution < 1.29 is 14.3 Å². The van der Waals surface area contributed by atoms with E-state index in [9.17, 15) is 9.59 Å². The van der Waals surface area contributed by atoms with Crippen LogP contribution in [0.2, 0.25) is 0 Å². The number of carbonyl (C=O) groups excluding carboxylic acids is 2. The van der Waals surface area contributed by atoms with Crippen molar-refractivity contribution in [2.45, 2.75) is 19.8 Å². The molecule has 5 nitrogen and oxygen atoms in total. The topological polar surface area (TPSA) is 62.4 Å². The molecule has 3 rings (SSSR count). The number of esters is 1. The molecule has 2 heterocycles. The van der Waals surface area contributed by atoms with Crippen molar-refractivity contribution >= 4 is 22.8 Å². The van der Waals surface area contributed by atoms with Crippen LogP contribution in [0.5, 0.6) is 0 Å². The number of aromatic amines is 1. The summed E-state index contributed by atoms with van der Waals surface area (Å²) in [7, 11) is 0. The highest BCUT2D eigenvalue weighted by molar-refractivity contribution is 6.05. The van der Waals surface area contributed by atoms with Crippen LogP contribution in [-0.4, -0.2) is 41.5 Å². The van der Waals surface area contributed by atoms with Gasteiger partial charge in [-0.3, -0.25) is 9.59 Å². The maximum absolute atomic E-state index is 12.8. The molecule has 5 heteroatoms. The first kappa shape index (κ1) is 14.6. The Bertz CT molecular complexity index is 692. The Labute approximate surface area is 129 Å². The zero-order valence-corrected chi connectivity index (χ0v) is 12.7. The van der Waals surface area contributed by atoms with Crippen molar-refractivity contribution in [1.82, 2.24) is 9.88 Å². The van der Waals surface area contributed by atoms with Gasteiger partial charge in [-0.25, -0.2) is 0 Å². The first-order valence-corrected chi connectivity index (χ1v) is 7.72. The maximum Gasteiger partial charge on any atom is 0.310 e. The van der Waals surface area contributed by atoms with Crippen LogP contribution >= 0.6 is 0 Å². The van der Waals surface area contributed by atoms with Crippen LogP contribution in [0.3, 0.4) is 0 Å². The number of rotatable bonds is 3. The summed E-state index contributed by atoms with van der Waals surface area (Å²) in [4.78, 5) is 29.6. The molecule has 0 unspecified atom stereocenters. The highest BCUT2D eigenvalue weighted by Crippen LogP contribution is 2.23. The molecule has 1 N–H and O–H groups in total. The largest absolute Gasteiger partial charge is 0.466 e. The summed E-state index contributed by atoms with van der Waals surface area (Å²) in [5.74, 6) is -0.430. The zero-order chi connectivity index (χ0) is 15.5. The van der Waals surface area contributed by atoms with Gasteiger partial charge in [0.25, 0.3) is 5.91 Å².